The smallest absolute Gasteiger partial charge is 0.305 e. The molecule has 0 aliphatic carbocycles. The Morgan fingerprint density at radius 2 is 0.824 bits per heavy atom. The van der Waals surface area contributed by atoms with Crippen LogP contribution in [0.3, 0.4) is 0 Å². The molecule has 34 heavy (non-hydrogen) atoms. The second-order valence-electron chi connectivity index (χ2n) is 10.1. The summed E-state index contributed by atoms with van der Waals surface area (Å²) in [6.45, 7) is 5.14. The molecule has 0 aromatic carbocycles. The predicted octanol–water partition coefficient (Wildman–Crippen LogP) is 11.0. The lowest BCUT2D eigenvalue weighted by molar-refractivity contribution is -0.143. The zero-order valence-corrected chi connectivity index (χ0v) is 23.3. The molecule has 0 radical (unpaired) electrons. The molecule has 200 valence electrons. The third kappa shape index (κ3) is 29.0. The van der Waals surface area contributed by atoms with Crippen LogP contribution in [0.5, 0.6) is 0 Å². The van der Waals surface area contributed by atoms with Crippen LogP contribution in [-0.4, -0.2) is 12.6 Å². The summed E-state index contributed by atoms with van der Waals surface area (Å²) in [5.41, 5.74) is 0. The number of ether oxygens (including phenoxy) is 1. The minimum atomic E-state index is 0.00336. The zero-order valence-electron chi connectivity index (χ0n) is 23.3. The Hall–Kier alpha value is -1.05. The van der Waals surface area contributed by atoms with Crippen molar-refractivity contribution in [1.29, 1.82) is 0 Å². The lowest BCUT2D eigenvalue weighted by Crippen LogP contribution is -2.05. The summed E-state index contributed by atoms with van der Waals surface area (Å²) >= 11 is 0. The van der Waals surface area contributed by atoms with E-state index in [0.717, 1.165) is 19.3 Å². The predicted molar refractivity (Wildman–Crippen MR) is 151 cm³/mol. The van der Waals surface area contributed by atoms with Crippen molar-refractivity contribution in [1.82, 2.24) is 0 Å². The molecule has 0 aromatic rings. The molecule has 0 N–H and O–H groups in total. The molecular formula is C32H60O2. The standard InChI is InChI=1S/C32H60O2/c1-3-5-7-9-11-13-15-17-19-21-23-25-27-29-31-34-32(33)30-28-26-24-22-20-18-16-14-12-10-8-6-4-2/h14,16-17,19H,3-13,15,18,20-31H2,1-2H3/b16-14-,19-17+. The summed E-state index contributed by atoms with van der Waals surface area (Å²) in [4.78, 5) is 11.8. The van der Waals surface area contributed by atoms with Gasteiger partial charge in [0, 0.05) is 6.42 Å². The van der Waals surface area contributed by atoms with Crippen LogP contribution in [0, 0.1) is 0 Å². The van der Waals surface area contributed by atoms with E-state index in [2.05, 4.69) is 38.2 Å². The van der Waals surface area contributed by atoms with E-state index >= 15 is 0 Å². The Morgan fingerprint density at radius 1 is 0.471 bits per heavy atom. The Morgan fingerprint density at radius 3 is 1.29 bits per heavy atom. The Balaban J connectivity index is 3.24. The highest BCUT2D eigenvalue weighted by molar-refractivity contribution is 5.69. The van der Waals surface area contributed by atoms with Crippen molar-refractivity contribution in [2.75, 3.05) is 6.61 Å². The van der Waals surface area contributed by atoms with E-state index in [1.807, 2.05) is 0 Å². The Kier molecular flexibility index (Phi) is 29.1. The molecule has 0 heterocycles. The molecule has 0 aromatic heterocycles. The first kappa shape index (κ1) is 33.0. The van der Waals surface area contributed by atoms with Gasteiger partial charge in [0.05, 0.1) is 6.61 Å². The fourth-order valence-electron chi connectivity index (χ4n) is 4.24. The van der Waals surface area contributed by atoms with Gasteiger partial charge in [0.2, 0.25) is 0 Å². The van der Waals surface area contributed by atoms with Crippen molar-refractivity contribution < 1.29 is 9.53 Å². The average molecular weight is 477 g/mol. The van der Waals surface area contributed by atoms with E-state index in [1.54, 1.807) is 0 Å². The first-order chi connectivity index (χ1) is 16.8. The number of carbonyl (C=O) groups excluding carboxylic acids is 1. The van der Waals surface area contributed by atoms with Crippen molar-refractivity contribution in [2.24, 2.45) is 0 Å². The van der Waals surface area contributed by atoms with Crippen LogP contribution in [0.1, 0.15) is 168 Å². The van der Waals surface area contributed by atoms with Gasteiger partial charge in [0.25, 0.3) is 0 Å². The van der Waals surface area contributed by atoms with Gasteiger partial charge in [-0.15, -0.1) is 0 Å². The highest BCUT2D eigenvalue weighted by Gasteiger charge is 2.02. The van der Waals surface area contributed by atoms with Crippen molar-refractivity contribution in [3.8, 4) is 0 Å². The van der Waals surface area contributed by atoms with Gasteiger partial charge in [-0.3, -0.25) is 4.79 Å². The topological polar surface area (TPSA) is 26.3 Å². The molecule has 2 heteroatoms. The van der Waals surface area contributed by atoms with Crippen LogP contribution >= 0.6 is 0 Å². The quantitative estimate of drug-likeness (QED) is 0.0669. The number of esters is 1. The van der Waals surface area contributed by atoms with Gasteiger partial charge in [-0.25, -0.2) is 0 Å². The van der Waals surface area contributed by atoms with E-state index in [1.165, 1.54) is 128 Å². The molecule has 0 saturated heterocycles. The molecule has 0 atom stereocenters. The summed E-state index contributed by atoms with van der Waals surface area (Å²) in [5.74, 6) is 0.00336. The van der Waals surface area contributed by atoms with E-state index < -0.39 is 0 Å². The second kappa shape index (κ2) is 30.0. The SMILES string of the molecule is CCCCCC/C=C\CCCCCCCC(=O)OCCCCCC/C=C/CCCCCCCC. The maximum absolute atomic E-state index is 11.8. The maximum atomic E-state index is 11.8. The number of hydrogen-bond donors (Lipinski definition) is 0. The second-order valence-corrected chi connectivity index (χ2v) is 10.1. The average Bonchev–Trinajstić information content (AvgIpc) is 2.84. The maximum Gasteiger partial charge on any atom is 0.305 e. The van der Waals surface area contributed by atoms with Crippen LogP contribution in [0.25, 0.3) is 0 Å². The summed E-state index contributed by atoms with van der Waals surface area (Å²) in [6.07, 6.45) is 39.3. The number of unbranched alkanes of at least 4 members (excludes halogenated alkanes) is 19. The normalized spacial score (nSPS) is 11.7. The van der Waals surface area contributed by atoms with Gasteiger partial charge in [-0.2, -0.15) is 0 Å². The lowest BCUT2D eigenvalue weighted by atomic mass is 10.1. The molecular weight excluding hydrogens is 416 g/mol. The third-order valence-electron chi connectivity index (χ3n) is 6.56. The highest BCUT2D eigenvalue weighted by Crippen LogP contribution is 2.11. The minimum absolute atomic E-state index is 0.00336. The number of rotatable bonds is 27. The van der Waals surface area contributed by atoms with Gasteiger partial charge in [-0.05, 0) is 64.2 Å². The lowest BCUT2D eigenvalue weighted by Gasteiger charge is -2.05. The molecule has 0 bridgehead atoms. The fraction of sp³-hybridized carbons (Fsp3) is 0.844. The molecule has 0 amide bonds. The zero-order chi connectivity index (χ0) is 24.8. The van der Waals surface area contributed by atoms with Crippen LogP contribution in [0.15, 0.2) is 24.3 Å². The van der Waals surface area contributed by atoms with Gasteiger partial charge in [0.1, 0.15) is 0 Å². The number of allylic oxidation sites excluding steroid dienone is 4. The minimum Gasteiger partial charge on any atom is -0.466 e. The highest BCUT2D eigenvalue weighted by atomic mass is 16.5. The molecule has 0 fully saturated rings. The van der Waals surface area contributed by atoms with Crippen LogP contribution in [0.4, 0.5) is 0 Å². The molecule has 0 unspecified atom stereocenters. The van der Waals surface area contributed by atoms with Gasteiger partial charge >= 0.3 is 5.97 Å². The fourth-order valence-corrected chi connectivity index (χ4v) is 4.24. The van der Waals surface area contributed by atoms with Gasteiger partial charge in [0.15, 0.2) is 0 Å². The van der Waals surface area contributed by atoms with Crippen molar-refractivity contribution in [3.63, 3.8) is 0 Å². The first-order valence-corrected chi connectivity index (χ1v) is 15.3. The molecule has 0 spiro atoms. The summed E-state index contributed by atoms with van der Waals surface area (Å²) < 4.78 is 5.39. The monoisotopic (exact) mass is 476 g/mol. The Bertz CT molecular complexity index is 452. The van der Waals surface area contributed by atoms with Crippen molar-refractivity contribution in [2.45, 2.75) is 168 Å². The third-order valence-corrected chi connectivity index (χ3v) is 6.56. The summed E-state index contributed by atoms with van der Waals surface area (Å²) in [6, 6.07) is 0. The van der Waals surface area contributed by atoms with E-state index in [-0.39, 0.29) is 5.97 Å². The van der Waals surface area contributed by atoms with Crippen molar-refractivity contribution >= 4 is 5.97 Å². The molecule has 0 saturated carbocycles. The van der Waals surface area contributed by atoms with Crippen LogP contribution < -0.4 is 0 Å². The van der Waals surface area contributed by atoms with E-state index in [4.69, 9.17) is 4.74 Å². The number of carbonyl (C=O) groups is 1. The molecule has 0 aliphatic rings. The number of hydrogen-bond acceptors (Lipinski definition) is 2. The molecule has 0 rings (SSSR count). The van der Waals surface area contributed by atoms with Crippen molar-refractivity contribution in [3.05, 3.63) is 24.3 Å². The van der Waals surface area contributed by atoms with Crippen LogP contribution in [-0.2, 0) is 9.53 Å². The summed E-state index contributed by atoms with van der Waals surface area (Å²) in [5, 5.41) is 0. The van der Waals surface area contributed by atoms with Gasteiger partial charge in [-0.1, -0.05) is 122 Å². The largest absolute Gasteiger partial charge is 0.466 e. The van der Waals surface area contributed by atoms with Crippen LogP contribution in [0.2, 0.25) is 0 Å². The van der Waals surface area contributed by atoms with Gasteiger partial charge < -0.3 is 4.74 Å². The van der Waals surface area contributed by atoms with E-state index in [9.17, 15) is 4.79 Å². The molecule has 2 nitrogen and oxygen atoms in total. The Labute approximate surface area is 214 Å². The first-order valence-electron chi connectivity index (χ1n) is 15.3. The molecule has 0 aliphatic heterocycles. The summed E-state index contributed by atoms with van der Waals surface area (Å²) in [7, 11) is 0. The van der Waals surface area contributed by atoms with E-state index in [0.29, 0.717) is 13.0 Å².